The van der Waals surface area contributed by atoms with Crippen LogP contribution in [0.15, 0.2) is 0 Å². The van der Waals surface area contributed by atoms with Crippen molar-refractivity contribution in [2.45, 2.75) is 44.6 Å². The molecule has 0 aliphatic carbocycles. The van der Waals surface area contributed by atoms with Crippen LogP contribution >= 0.6 is 0 Å². The maximum Gasteiger partial charge on any atom is 0.223 e. The van der Waals surface area contributed by atoms with Gasteiger partial charge in [-0.3, -0.25) is 4.79 Å². The zero-order chi connectivity index (χ0) is 12.8. The van der Waals surface area contributed by atoms with Gasteiger partial charge in [-0.25, -0.2) is 0 Å². The first kappa shape index (κ1) is 13.8. The Labute approximate surface area is 111 Å². The summed E-state index contributed by atoms with van der Waals surface area (Å²) in [6, 6.07) is 0.735. The summed E-state index contributed by atoms with van der Waals surface area (Å²) in [7, 11) is 1.90. The summed E-state index contributed by atoms with van der Waals surface area (Å²) in [5.74, 6) is 0.321. The van der Waals surface area contributed by atoms with E-state index in [1.165, 1.54) is 45.2 Å². The van der Waals surface area contributed by atoms with Crippen molar-refractivity contribution in [1.82, 2.24) is 15.1 Å². The zero-order valence-corrected chi connectivity index (χ0v) is 11.7. The molecule has 0 bridgehead atoms. The van der Waals surface area contributed by atoms with E-state index < -0.39 is 0 Å². The number of carbonyl (C=O) groups is 1. The van der Waals surface area contributed by atoms with Crippen LogP contribution in [-0.2, 0) is 4.79 Å². The van der Waals surface area contributed by atoms with Gasteiger partial charge in [-0.05, 0) is 45.8 Å². The van der Waals surface area contributed by atoms with Crippen LogP contribution in [0, 0.1) is 0 Å². The molecular weight excluding hydrogens is 226 g/mol. The van der Waals surface area contributed by atoms with Crippen molar-refractivity contribution < 1.29 is 4.79 Å². The minimum atomic E-state index is 0.321. The lowest BCUT2D eigenvalue weighted by atomic mass is 10.00. The molecule has 1 amide bonds. The molecule has 2 heterocycles. The molecule has 0 spiro atoms. The number of hydrogen-bond donors (Lipinski definition) is 1. The van der Waals surface area contributed by atoms with Crippen LogP contribution in [0.25, 0.3) is 0 Å². The number of rotatable bonds is 4. The highest BCUT2D eigenvalue weighted by Gasteiger charge is 2.27. The fourth-order valence-corrected chi connectivity index (χ4v) is 3.15. The number of likely N-dealkylation sites (tertiary alicyclic amines) is 2. The van der Waals surface area contributed by atoms with Crippen molar-refractivity contribution >= 4 is 5.91 Å². The van der Waals surface area contributed by atoms with Gasteiger partial charge in [0, 0.05) is 32.1 Å². The van der Waals surface area contributed by atoms with Gasteiger partial charge < -0.3 is 15.1 Å². The number of hydrogen-bond acceptors (Lipinski definition) is 3. The molecule has 2 aliphatic rings. The van der Waals surface area contributed by atoms with Gasteiger partial charge in [0.2, 0.25) is 5.91 Å². The monoisotopic (exact) mass is 253 g/mol. The van der Waals surface area contributed by atoms with Crippen molar-refractivity contribution in [2.24, 2.45) is 0 Å². The van der Waals surface area contributed by atoms with Gasteiger partial charge in [-0.2, -0.15) is 0 Å². The van der Waals surface area contributed by atoms with Crippen LogP contribution < -0.4 is 5.32 Å². The third-order valence-electron chi connectivity index (χ3n) is 4.31. The smallest absolute Gasteiger partial charge is 0.223 e. The SMILES string of the molecule is CNCCC(=O)N1CCC(N2CCCCC2)CC1. The topological polar surface area (TPSA) is 35.6 Å². The fraction of sp³-hybridized carbons (Fsp3) is 0.929. The number of nitrogens with one attached hydrogen (secondary N) is 1. The lowest BCUT2D eigenvalue weighted by Gasteiger charge is -2.40. The highest BCUT2D eigenvalue weighted by molar-refractivity contribution is 5.76. The predicted molar refractivity (Wildman–Crippen MR) is 73.6 cm³/mol. The molecule has 0 radical (unpaired) electrons. The molecule has 0 aromatic heterocycles. The zero-order valence-electron chi connectivity index (χ0n) is 11.7. The fourth-order valence-electron chi connectivity index (χ4n) is 3.15. The normalized spacial score (nSPS) is 23.3. The second-order valence-corrected chi connectivity index (χ2v) is 5.56. The third-order valence-corrected chi connectivity index (χ3v) is 4.31. The van der Waals surface area contributed by atoms with E-state index in [1.54, 1.807) is 0 Å². The summed E-state index contributed by atoms with van der Waals surface area (Å²) in [5.41, 5.74) is 0. The summed E-state index contributed by atoms with van der Waals surface area (Å²) in [4.78, 5) is 16.6. The quantitative estimate of drug-likeness (QED) is 0.814. The number of amides is 1. The van der Waals surface area contributed by atoms with E-state index in [0.717, 1.165) is 25.7 Å². The summed E-state index contributed by atoms with van der Waals surface area (Å²) in [5, 5.41) is 3.04. The molecule has 2 saturated heterocycles. The van der Waals surface area contributed by atoms with Crippen molar-refractivity contribution in [3.63, 3.8) is 0 Å². The van der Waals surface area contributed by atoms with Gasteiger partial charge in [-0.1, -0.05) is 6.42 Å². The molecule has 2 rings (SSSR count). The van der Waals surface area contributed by atoms with Crippen LogP contribution in [0.1, 0.15) is 38.5 Å². The lowest BCUT2D eigenvalue weighted by Crippen LogP contribution is -2.48. The van der Waals surface area contributed by atoms with Crippen molar-refractivity contribution in [2.75, 3.05) is 39.8 Å². The first-order valence-corrected chi connectivity index (χ1v) is 7.47. The number of piperidine rings is 2. The van der Waals surface area contributed by atoms with Crippen LogP contribution in [0.5, 0.6) is 0 Å². The molecule has 0 aromatic rings. The largest absolute Gasteiger partial charge is 0.343 e. The first-order valence-electron chi connectivity index (χ1n) is 7.47. The average Bonchev–Trinajstić information content (AvgIpc) is 2.46. The highest BCUT2D eigenvalue weighted by Crippen LogP contribution is 2.21. The molecule has 104 valence electrons. The Bertz CT molecular complexity index is 256. The Morgan fingerprint density at radius 3 is 2.39 bits per heavy atom. The molecule has 1 N–H and O–H groups in total. The minimum absolute atomic E-state index is 0.321. The molecule has 4 nitrogen and oxygen atoms in total. The van der Waals surface area contributed by atoms with E-state index >= 15 is 0 Å². The van der Waals surface area contributed by atoms with Gasteiger partial charge in [0.05, 0.1) is 0 Å². The van der Waals surface area contributed by atoms with Crippen LogP contribution in [0.4, 0.5) is 0 Å². The Morgan fingerprint density at radius 2 is 1.78 bits per heavy atom. The molecule has 18 heavy (non-hydrogen) atoms. The van der Waals surface area contributed by atoms with Crippen LogP contribution in [0.3, 0.4) is 0 Å². The van der Waals surface area contributed by atoms with Gasteiger partial charge >= 0.3 is 0 Å². The van der Waals surface area contributed by atoms with E-state index in [4.69, 9.17) is 0 Å². The maximum atomic E-state index is 11.9. The van der Waals surface area contributed by atoms with E-state index in [2.05, 4.69) is 15.1 Å². The summed E-state index contributed by atoms with van der Waals surface area (Å²) in [6.07, 6.45) is 7.11. The van der Waals surface area contributed by atoms with Gasteiger partial charge in [0.1, 0.15) is 0 Å². The van der Waals surface area contributed by atoms with Crippen molar-refractivity contribution in [3.05, 3.63) is 0 Å². The second kappa shape index (κ2) is 7.10. The Morgan fingerprint density at radius 1 is 1.11 bits per heavy atom. The maximum absolute atomic E-state index is 11.9. The van der Waals surface area contributed by atoms with Crippen molar-refractivity contribution in [3.8, 4) is 0 Å². The average molecular weight is 253 g/mol. The minimum Gasteiger partial charge on any atom is -0.343 e. The molecule has 2 aliphatic heterocycles. The molecule has 0 saturated carbocycles. The molecule has 2 fully saturated rings. The molecule has 0 unspecified atom stereocenters. The first-order chi connectivity index (χ1) is 8.81. The summed E-state index contributed by atoms with van der Waals surface area (Å²) >= 11 is 0. The van der Waals surface area contributed by atoms with Gasteiger partial charge in [0.25, 0.3) is 0 Å². The molecule has 0 atom stereocenters. The molecule has 0 aromatic carbocycles. The Balaban J connectivity index is 1.71. The predicted octanol–water partition coefficient (Wildman–Crippen LogP) is 1.07. The third kappa shape index (κ3) is 3.69. The van der Waals surface area contributed by atoms with Crippen molar-refractivity contribution in [1.29, 1.82) is 0 Å². The summed E-state index contributed by atoms with van der Waals surface area (Å²) < 4.78 is 0. The number of carbonyl (C=O) groups excluding carboxylic acids is 1. The lowest BCUT2D eigenvalue weighted by molar-refractivity contribution is -0.132. The van der Waals surface area contributed by atoms with Gasteiger partial charge in [0.15, 0.2) is 0 Å². The molecule has 4 heteroatoms. The van der Waals surface area contributed by atoms with E-state index in [1.807, 2.05) is 7.05 Å². The van der Waals surface area contributed by atoms with Gasteiger partial charge in [-0.15, -0.1) is 0 Å². The Hall–Kier alpha value is -0.610. The number of nitrogens with zero attached hydrogens (tertiary/aromatic N) is 2. The standard InChI is InChI=1S/C14H27N3O/c1-15-8-5-14(18)17-11-6-13(7-12-17)16-9-3-2-4-10-16/h13,15H,2-12H2,1H3. The van der Waals surface area contributed by atoms with E-state index in [9.17, 15) is 4.79 Å². The Kier molecular flexibility index (Phi) is 5.45. The van der Waals surface area contributed by atoms with Crippen LogP contribution in [0.2, 0.25) is 0 Å². The molecular formula is C14H27N3O. The van der Waals surface area contributed by atoms with Crippen LogP contribution in [-0.4, -0.2) is 61.5 Å². The van der Waals surface area contributed by atoms with E-state index in [-0.39, 0.29) is 0 Å². The second-order valence-electron chi connectivity index (χ2n) is 5.56. The summed E-state index contributed by atoms with van der Waals surface area (Å²) in [6.45, 7) is 5.27. The highest BCUT2D eigenvalue weighted by atomic mass is 16.2. The van der Waals surface area contributed by atoms with E-state index in [0.29, 0.717) is 12.3 Å².